The molecule has 0 saturated carbocycles. The molecule has 0 amide bonds. The number of phenols is 2. The third kappa shape index (κ3) is 8.01. The summed E-state index contributed by atoms with van der Waals surface area (Å²) in [6, 6.07) is 5.17. The van der Waals surface area contributed by atoms with Crippen molar-refractivity contribution in [3.8, 4) is 34.5 Å². The van der Waals surface area contributed by atoms with E-state index in [-0.39, 0.29) is 51.4 Å². The van der Waals surface area contributed by atoms with Crippen molar-refractivity contribution in [1.29, 1.82) is 0 Å². The van der Waals surface area contributed by atoms with Crippen molar-refractivity contribution in [2.75, 3.05) is 27.4 Å². The maximum atomic E-state index is 11.1. The van der Waals surface area contributed by atoms with Gasteiger partial charge in [-0.05, 0) is 19.1 Å². The van der Waals surface area contributed by atoms with Crippen molar-refractivity contribution < 1.29 is 104 Å². The van der Waals surface area contributed by atoms with E-state index in [1.54, 1.807) is 0 Å². The Bertz CT molecular complexity index is 1680. The number of benzene rings is 2. The SMILES string of the molecule is COc1cc(C2[OH+]c3cc(O)cc(O[C@@H]4O[C@H](CO)[C@@H](O)[C@H](O)[C@H]4O)c3C=C2O[C@@H]2O[C@@H](CO[C@@H]3O[C@@H](C)[C@H](O)[C@@H](O)[C@H]3O)[C@@H](O)[C@H](O)[C@H]2O)cc(OC)c1O. The van der Waals surface area contributed by atoms with Crippen molar-refractivity contribution in [3.63, 3.8) is 0 Å². The Hall–Kier alpha value is -3.78. The maximum Gasteiger partial charge on any atom is 0.270 e. The zero-order valence-electron chi connectivity index (χ0n) is 30.1. The molecule has 0 bridgehead atoms. The number of aliphatic hydroxyl groups excluding tert-OH is 10. The molecule has 2 aromatic carbocycles. The molecule has 4 aliphatic rings. The van der Waals surface area contributed by atoms with E-state index in [4.69, 9.17) is 42.6 Å². The quantitative estimate of drug-likeness (QED) is 0.0973. The van der Waals surface area contributed by atoms with Crippen LogP contribution in [0.4, 0.5) is 0 Å². The number of hydrogen-bond donors (Lipinski definition) is 12. The largest absolute Gasteiger partial charge is 0.571 e. The zero-order chi connectivity index (χ0) is 40.7. The van der Waals surface area contributed by atoms with Gasteiger partial charge in [0.05, 0.1) is 45.2 Å². The van der Waals surface area contributed by atoms with Crippen molar-refractivity contribution >= 4 is 6.08 Å². The molecule has 312 valence electrons. The Morgan fingerprint density at radius 1 is 0.625 bits per heavy atom. The highest BCUT2D eigenvalue weighted by Gasteiger charge is 2.49. The molecule has 0 radical (unpaired) electrons. The second-order valence-corrected chi connectivity index (χ2v) is 13.7. The summed E-state index contributed by atoms with van der Waals surface area (Å²) in [6.07, 6.45) is -24.1. The summed E-state index contributed by atoms with van der Waals surface area (Å²) in [5.74, 6) is -1.07. The molecule has 0 aromatic heterocycles. The first-order valence-corrected chi connectivity index (χ1v) is 17.5. The van der Waals surface area contributed by atoms with Crippen LogP contribution in [-0.4, -0.2) is 186 Å². The Labute approximate surface area is 318 Å². The van der Waals surface area contributed by atoms with Gasteiger partial charge in [-0.25, -0.2) is 0 Å². The van der Waals surface area contributed by atoms with Crippen LogP contribution in [0.2, 0.25) is 0 Å². The summed E-state index contributed by atoms with van der Waals surface area (Å²) in [6.45, 7) is 0.108. The molecule has 0 aliphatic carbocycles. The average Bonchev–Trinajstić information content (AvgIpc) is 3.18. The van der Waals surface area contributed by atoms with Crippen LogP contribution >= 0.6 is 0 Å². The molecular weight excluding hydrogens is 756 g/mol. The molecule has 3 fully saturated rings. The molecular formula is C35H47O21+. The first-order valence-electron chi connectivity index (χ1n) is 17.5. The van der Waals surface area contributed by atoms with E-state index < -0.39 is 111 Å². The van der Waals surface area contributed by atoms with Crippen LogP contribution in [0.5, 0.6) is 34.5 Å². The molecule has 56 heavy (non-hydrogen) atoms. The molecule has 16 atom stereocenters. The van der Waals surface area contributed by atoms with Crippen LogP contribution in [0.25, 0.3) is 6.08 Å². The Morgan fingerprint density at radius 2 is 1.18 bits per heavy atom. The Kier molecular flexibility index (Phi) is 12.7. The van der Waals surface area contributed by atoms with Crippen LogP contribution in [0.15, 0.2) is 30.0 Å². The molecule has 4 heterocycles. The fraction of sp³-hybridized carbons (Fsp3) is 0.600. The van der Waals surface area contributed by atoms with Gasteiger partial charge in [-0.15, -0.1) is 0 Å². The molecule has 21 nitrogen and oxygen atoms in total. The van der Waals surface area contributed by atoms with E-state index in [0.717, 1.165) is 6.07 Å². The zero-order valence-corrected chi connectivity index (χ0v) is 30.1. The number of aromatic hydroxyl groups is 3. The van der Waals surface area contributed by atoms with E-state index in [1.807, 2.05) is 0 Å². The molecule has 21 heteroatoms. The van der Waals surface area contributed by atoms with Crippen molar-refractivity contribution in [1.82, 2.24) is 0 Å². The Morgan fingerprint density at radius 3 is 1.79 bits per heavy atom. The first kappa shape index (κ1) is 41.8. The molecule has 6 rings (SSSR count). The lowest BCUT2D eigenvalue weighted by Crippen LogP contribution is -2.61. The molecule has 13 N–H and O–H groups in total. The smallest absolute Gasteiger partial charge is 0.270 e. The standard InChI is InChI=1S/C35H46O21/c1-11-22(38)26(42)29(45)33(51-11)50-10-21-25(41)28(44)31(47)35(56-21)54-19-8-14-15(52-32(19)12-4-17(48-2)23(39)18(5-12)49-3)6-13(37)7-16(14)53-34-30(46)27(43)24(40)20(9-36)55-34/h4-8,11,20-22,24-47H,9-10H2,1-3H3/p+1/t11-,20+,21-,22-,24+,25+,26+,27-,28-,29+,30+,31+,32?,33+,34+,35+/m0/s1. The van der Waals surface area contributed by atoms with Crippen LogP contribution < -0.4 is 14.2 Å². The van der Waals surface area contributed by atoms with Crippen molar-refractivity contribution in [3.05, 3.63) is 41.2 Å². The highest BCUT2D eigenvalue weighted by atomic mass is 16.7. The number of phenolic OH excluding ortho intramolecular Hbond substituents is 2. The highest BCUT2D eigenvalue weighted by molar-refractivity contribution is 5.70. The summed E-state index contributed by atoms with van der Waals surface area (Å²) in [4.78, 5) is 0. The normalized spacial score (nSPS) is 38.5. The van der Waals surface area contributed by atoms with Gasteiger partial charge in [0.25, 0.3) is 11.9 Å². The molecule has 1 unspecified atom stereocenters. The van der Waals surface area contributed by atoms with E-state index >= 15 is 0 Å². The summed E-state index contributed by atoms with van der Waals surface area (Å²) >= 11 is 0. The van der Waals surface area contributed by atoms with Gasteiger partial charge in [-0.3, -0.25) is 0 Å². The molecule has 3 saturated heterocycles. The van der Waals surface area contributed by atoms with Gasteiger partial charge in [0.2, 0.25) is 18.3 Å². The summed E-state index contributed by atoms with van der Waals surface area (Å²) in [5, 5.41) is 126. The lowest BCUT2D eigenvalue weighted by atomic mass is 9.98. The van der Waals surface area contributed by atoms with Crippen molar-refractivity contribution in [2.45, 2.75) is 105 Å². The predicted octanol–water partition coefficient (Wildman–Crippen LogP) is -3.70. The number of hydrogen-bond acceptors (Lipinski definition) is 20. The number of fused-ring (bicyclic) bond motifs is 1. The Balaban J connectivity index is 1.35. The fourth-order valence-corrected chi connectivity index (χ4v) is 6.70. The van der Waals surface area contributed by atoms with Crippen molar-refractivity contribution in [2.24, 2.45) is 0 Å². The topological polar surface area (TPSA) is 329 Å². The third-order valence-electron chi connectivity index (χ3n) is 9.99. The second-order valence-electron chi connectivity index (χ2n) is 13.7. The van der Waals surface area contributed by atoms with Gasteiger partial charge < -0.3 is 104 Å². The number of aliphatic hydroxyl groups is 11. The van der Waals surface area contributed by atoms with Gasteiger partial charge in [0.1, 0.15) is 84.2 Å². The maximum absolute atomic E-state index is 11.1. The van der Waals surface area contributed by atoms with Crippen LogP contribution in [0.3, 0.4) is 0 Å². The number of rotatable bonds is 11. The third-order valence-corrected chi connectivity index (χ3v) is 9.99. The highest BCUT2D eigenvalue weighted by Crippen LogP contribution is 2.49. The second kappa shape index (κ2) is 17.0. The van der Waals surface area contributed by atoms with Gasteiger partial charge in [-0.2, -0.15) is 0 Å². The minimum absolute atomic E-state index is 0.0361. The lowest BCUT2D eigenvalue weighted by molar-refractivity contribution is -0.325. The molecule has 2 aromatic rings. The van der Waals surface area contributed by atoms with E-state index in [9.17, 15) is 61.3 Å². The van der Waals surface area contributed by atoms with Crippen LogP contribution in [-0.2, 0) is 23.7 Å². The number of methoxy groups -OCH3 is 2. The van der Waals surface area contributed by atoms with E-state index in [2.05, 4.69) is 0 Å². The van der Waals surface area contributed by atoms with Crippen LogP contribution in [0.1, 0.15) is 24.2 Å². The van der Waals surface area contributed by atoms with Gasteiger partial charge in [0.15, 0.2) is 23.5 Å². The van der Waals surface area contributed by atoms with Gasteiger partial charge >= 0.3 is 0 Å². The van der Waals surface area contributed by atoms with E-state index in [0.29, 0.717) is 0 Å². The lowest BCUT2D eigenvalue weighted by Gasteiger charge is -2.42. The average molecular weight is 804 g/mol. The monoisotopic (exact) mass is 803 g/mol. The summed E-state index contributed by atoms with van der Waals surface area (Å²) < 4.78 is 49.8. The van der Waals surface area contributed by atoms with Crippen LogP contribution in [0, 0.1) is 0 Å². The molecule has 4 aliphatic heterocycles. The fourth-order valence-electron chi connectivity index (χ4n) is 6.70. The summed E-state index contributed by atoms with van der Waals surface area (Å²) in [7, 11) is 2.59. The minimum Gasteiger partial charge on any atom is -0.571 e. The van der Waals surface area contributed by atoms with Gasteiger partial charge in [-0.1, -0.05) is 0 Å². The minimum atomic E-state index is -1.91. The molecule has 0 spiro atoms. The summed E-state index contributed by atoms with van der Waals surface area (Å²) in [5.41, 5.74) is 0.338. The van der Waals surface area contributed by atoms with Gasteiger partial charge in [0, 0.05) is 12.1 Å². The number of ether oxygens (including phenoxy) is 9. The van der Waals surface area contributed by atoms with E-state index in [1.165, 1.54) is 45.4 Å². The first-order chi connectivity index (χ1) is 26.6. The predicted molar refractivity (Wildman–Crippen MR) is 182 cm³/mol.